The number of halogens is 2. The summed E-state index contributed by atoms with van der Waals surface area (Å²) >= 11 is 14.0. The average Bonchev–Trinajstić information content (AvgIpc) is 2.70. The Balaban J connectivity index is 2.04. The van der Waals surface area contributed by atoms with Crippen LogP contribution in [-0.2, 0) is 21.9 Å². The van der Waals surface area contributed by atoms with E-state index in [1.807, 2.05) is 32.0 Å². The fourth-order valence-electron chi connectivity index (χ4n) is 2.89. The van der Waals surface area contributed by atoms with E-state index in [0.717, 1.165) is 11.3 Å². The van der Waals surface area contributed by atoms with Gasteiger partial charge in [-0.3, -0.25) is 9.59 Å². The first-order valence-corrected chi connectivity index (χ1v) is 11.8. The van der Waals surface area contributed by atoms with Crippen LogP contribution in [0.1, 0.15) is 38.3 Å². The average molecular weight is 467 g/mol. The molecule has 2 amide bonds. The predicted molar refractivity (Wildman–Crippen MR) is 127 cm³/mol. The third-order valence-corrected chi connectivity index (χ3v) is 6.14. The van der Waals surface area contributed by atoms with Crippen molar-refractivity contribution in [2.75, 3.05) is 5.75 Å². The molecule has 1 atom stereocenters. The Hall–Kier alpha value is -1.69. The van der Waals surface area contributed by atoms with Crippen molar-refractivity contribution >= 4 is 46.8 Å². The van der Waals surface area contributed by atoms with Gasteiger partial charge in [-0.25, -0.2) is 0 Å². The summed E-state index contributed by atoms with van der Waals surface area (Å²) in [4.78, 5) is 27.2. The van der Waals surface area contributed by atoms with Gasteiger partial charge in [0, 0.05) is 40.6 Å². The molecule has 0 aliphatic rings. The number of nitrogens with zero attached hydrogens (tertiary/aromatic N) is 1. The quantitative estimate of drug-likeness (QED) is 0.466. The van der Waals surface area contributed by atoms with Crippen molar-refractivity contribution in [1.29, 1.82) is 0 Å². The molecule has 30 heavy (non-hydrogen) atoms. The van der Waals surface area contributed by atoms with Gasteiger partial charge in [0.1, 0.15) is 6.04 Å². The van der Waals surface area contributed by atoms with Crippen LogP contribution in [0.2, 0.25) is 10.0 Å². The van der Waals surface area contributed by atoms with Crippen LogP contribution in [0.15, 0.2) is 48.5 Å². The van der Waals surface area contributed by atoms with Gasteiger partial charge in [-0.2, -0.15) is 11.8 Å². The standard InChI is InChI=1S/C23H28Cl2N2O2S/c1-16(2)26-23(29)17(3)27(14-19-9-10-20(24)13-21(19)25)22(28)11-12-30-15-18-7-5-4-6-8-18/h4-10,13,16-17H,11-12,14-15H2,1-3H3,(H,26,29). The van der Waals surface area contributed by atoms with E-state index >= 15 is 0 Å². The van der Waals surface area contributed by atoms with E-state index in [9.17, 15) is 9.59 Å². The molecule has 2 aromatic carbocycles. The molecule has 162 valence electrons. The van der Waals surface area contributed by atoms with Crippen LogP contribution < -0.4 is 5.32 Å². The molecule has 0 aromatic heterocycles. The Morgan fingerprint density at radius 2 is 1.77 bits per heavy atom. The molecular weight excluding hydrogens is 439 g/mol. The summed E-state index contributed by atoms with van der Waals surface area (Å²) in [7, 11) is 0. The number of hydrogen-bond donors (Lipinski definition) is 1. The van der Waals surface area contributed by atoms with Gasteiger partial charge in [0.25, 0.3) is 0 Å². The van der Waals surface area contributed by atoms with Crippen LogP contribution in [-0.4, -0.2) is 34.6 Å². The first-order valence-electron chi connectivity index (χ1n) is 9.93. The summed E-state index contributed by atoms with van der Waals surface area (Å²) in [6.45, 7) is 5.79. The van der Waals surface area contributed by atoms with Crippen molar-refractivity contribution in [3.63, 3.8) is 0 Å². The molecule has 4 nitrogen and oxygen atoms in total. The van der Waals surface area contributed by atoms with Crippen LogP contribution in [0.4, 0.5) is 0 Å². The monoisotopic (exact) mass is 466 g/mol. The van der Waals surface area contributed by atoms with Crippen molar-refractivity contribution in [3.05, 3.63) is 69.7 Å². The first-order chi connectivity index (χ1) is 14.3. The molecule has 2 aromatic rings. The van der Waals surface area contributed by atoms with Gasteiger partial charge in [-0.15, -0.1) is 0 Å². The van der Waals surface area contributed by atoms with E-state index < -0.39 is 6.04 Å². The zero-order valence-corrected chi connectivity index (χ0v) is 19.9. The Kier molecular flexibility index (Phi) is 10.0. The van der Waals surface area contributed by atoms with Crippen LogP contribution in [0.5, 0.6) is 0 Å². The topological polar surface area (TPSA) is 49.4 Å². The number of carbonyl (C=O) groups excluding carboxylic acids is 2. The number of amides is 2. The molecule has 7 heteroatoms. The lowest BCUT2D eigenvalue weighted by molar-refractivity contribution is -0.140. The smallest absolute Gasteiger partial charge is 0.242 e. The van der Waals surface area contributed by atoms with Gasteiger partial charge in [0.2, 0.25) is 11.8 Å². The molecule has 0 heterocycles. The van der Waals surface area contributed by atoms with Crippen LogP contribution in [0.3, 0.4) is 0 Å². The van der Waals surface area contributed by atoms with E-state index in [4.69, 9.17) is 23.2 Å². The van der Waals surface area contributed by atoms with Crippen molar-refractivity contribution in [2.24, 2.45) is 0 Å². The summed E-state index contributed by atoms with van der Waals surface area (Å²) in [6.07, 6.45) is 0.349. The Bertz CT molecular complexity index is 846. The SMILES string of the molecule is CC(C)NC(=O)C(C)N(Cc1ccc(Cl)cc1Cl)C(=O)CCSCc1ccccc1. The van der Waals surface area contributed by atoms with E-state index in [-0.39, 0.29) is 24.4 Å². The second-order valence-corrected chi connectivity index (χ2v) is 9.33. The molecule has 2 rings (SSSR count). The van der Waals surface area contributed by atoms with Gasteiger partial charge in [-0.1, -0.05) is 59.6 Å². The summed E-state index contributed by atoms with van der Waals surface area (Å²) in [5, 5.41) is 3.90. The Labute approximate surface area is 193 Å². The predicted octanol–water partition coefficient (Wildman–Crippen LogP) is 5.56. The lowest BCUT2D eigenvalue weighted by Crippen LogP contribution is -2.49. The Morgan fingerprint density at radius 1 is 1.07 bits per heavy atom. The largest absolute Gasteiger partial charge is 0.352 e. The molecule has 1 unspecified atom stereocenters. The molecular formula is C23H28Cl2N2O2S. The highest BCUT2D eigenvalue weighted by Gasteiger charge is 2.26. The third kappa shape index (κ3) is 7.86. The van der Waals surface area contributed by atoms with Gasteiger partial charge < -0.3 is 10.2 Å². The zero-order valence-electron chi connectivity index (χ0n) is 17.5. The second-order valence-electron chi connectivity index (χ2n) is 7.38. The molecule has 1 N–H and O–H groups in total. The summed E-state index contributed by atoms with van der Waals surface area (Å²) in [5.74, 6) is 1.27. The van der Waals surface area contributed by atoms with E-state index in [2.05, 4.69) is 17.4 Å². The number of nitrogens with one attached hydrogen (secondary N) is 1. The van der Waals surface area contributed by atoms with Gasteiger partial charge >= 0.3 is 0 Å². The maximum absolute atomic E-state index is 13.0. The zero-order chi connectivity index (χ0) is 22.1. The minimum Gasteiger partial charge on any atom is -0.352 e. The lowest BCUT2D eigenvalue weighted by Gasteiger charge is -2.29. The number of thioether (sulfide) groups is 1. The first kappa shape index (κ1) is 24.6. The highest BCUT2D eigenvalue weighted by Crippen LogP contribution is 2.24. The molecule has 0 aliphatic carbocycles. The van der Waals surface area contributed by atoms with Crippen LogP contribution in [0, 0.1) is 0 Å². The maximum atomic E-state index is 13.0. The molecule has 0 spiro atoms. The minimum atomic E-state index is -0.606. The Morgan fingerprint density at radius 3 is 2.40 bits per heavy atom. The van der Waals surface area contributed by atoms with Crippen LogP contribution >= 0.6 is 35.0 Å². The van der Waals surface area contributed by atoms with Gasteiger partial charge in [0.15, 0.2) is 0 Å². The fourth-order valence-corrected chi connectivity index (χ4v) is 4.25. The molecule has 0 radical (unpaired) electrons. The molecule has 0 saturated heterocycles. The highest BCUT2D eigenvalue weighted by molar-refractivity contribution is 7.98. The molecule has 0 saturated carbocycles. The van der Waals surface area contributed by atoms with Crippen LogP contribution in [0.25, 0.3) is 0 Å². The van der Waals surface area contributed by atoms with Crippen molar-refractivity contribution in [3.8, 4) is 0 Å². The van der Waals surface area contributed by atoms with Gasteiger partial charge in [0.05, 0.1) is 0 Å². The third-order valence-electron chi connectivity index (χ3n) is 4.53. The summed E-state index contributed by atoms with van der Waals surface area (Å²) in [5.41, 5.74) is 1.99. The number of benzene rings is 2. The van der Waals surface area contributed by atoms with E-state index in [1.165, 1.54) is 5.56 Å². The molecule has 0 fully saturated rings. The normalized spacial score (nSPS) is 11.9. The molecule has 0 aliphatic heterocycles. The summed E-state index contributed by atoms with van der Waals surface area (Å²) in [6, 6.07) is 14.7. The number of rotatable bonds is 10. The lowest BCUT2D eigenvalue weighted by atomic mass is 10.1. The van der Waals surface area contributed by atoms with E-state index in [1.54, 1.807) is 41.8 Å². The second kappa shape index (κ2) is 12.2. The number of carbonyl (C=O) groups is 2. The van der Waals surface area contributed by atoms with Crippen molar-refractivity contribution in [1.82, 2.24) is 10.2 Å². The van der Waals surface area contributed by atoms with Gasteiger partial charge in [-0.05, 0) is 44.0 Å². The fraction of sp³-hybridized carbons (Fsp3) is 0.391. The maximum Gasteiger partial charge on any atom is 0.242 e. The van der Waals surface area contributed by atoms with Crippen molar-refractivity contribution in [2.45, 2.75) is 51.6 Å². The van der Waals surface area contributed by atoms with E-state index in [0.29, 0.717) is 22.2 Å². The van der Waals surface area contributed by atoms with Crippen molar-refractivity contribution < 1.29 is 9.59 Å². The number of hydrogen-bond acceptors (Lipinski definition) is 3. The minimum absolute atomic E-state index is 0.00236. The molecule has 0 bridgehead atoms. The highest BCUT2D eigenvalue weighted by atomic mass is 35.5. The summed E-state index contributed by atoms with van der Waals surface area (Å²) < 4.78 is 0.